The summed E-state index contributed by atoms with van der Waals surface area (Å²) >= 11 is 0. The second-order valence-corrected chi connectivity index (χ2v) is 5.32. The minimum Gasteiger partial charge on any atom is -0.444 e. The first kappa shape index (κ1) is 14.0. The van der Waals surface area contributed by atoms with Crippen molar-refractivity contribution >= 4 is 6.09 Å². The van der Waals surface area contributed by atoms with Crippen molar-refractivity contribution < 1.29 is 9.53 Å². The quantitative estimate of drug-likeness (QED) is 0.932. The van der Waals surface area contributed by atoms with Gasteiger partial charge in [0, 0.05) is 6.20 Å². The van der Waals surface area contributed by atoms with Gasteiger partial charge < -0.3 is 10.1 Å². The Hall–Kier alpha value is -2.37. The number of carbonyl (C=O) groups is 1. The van der Waals surface area contributed by atoms with E-state index in [0.29, 0.717) is 6.54 Å². The first-order valence-corrected chi connectivity index (χ1v) is 6.34. The summed E-state index contributed by atoms with van der Waals surface area (Å²) < 4.78 is 7.05. The fraction of sp³-hybridized carbons (Fsp3) is 0.357. The lowest BCUT2D eigenvalue weighted by atomic mass is 10.2. The van der Waals surface area contributed by atoms with E-state index in [1.165, 1.54) is 0 Å². The molecule has 0 bridgehead atoms. The van der Waals surface area contributed by atoms with Crippen LogP contribution >= 0.6 is 0 Å². The summed E-state index contributed by atoms with van der Waals surface area (Å²) in [7, 11) is 0. The number of nitrogens with zero attached hydrogens (tertiary/aromatic N) is 3. The molecular formula is C14H18N4O2. The Kier molecular flexibility index (Phi) is 4.02. The van der Waals surface area contributed by atoms with E-state index < -0.39 is 11.7 Å². The molecule has 0 aliphatic rings. The van der Waals surface area contributed by atoms with Crippen LogP contribution in [0.15, 0.2) is 37.1 Å². The van der Waals surface area contributed by atoms with Crippen molar-refractivity contribution in [3.8, 4) is 5.69 Å². The van der Waals surface area contributed by atoms with Gasteiger partial charge in [-0.1, -0.05) is 0 Å². The summed E-state index contributed by atoms with van der Waals surface area (Å²) in [6, 6.07) is 3.77. The molecule has 2 aromatic heterocycles. The highest BCUT2D eigenvalue weighted by Gasteiger charge is 2.16. The predicted molar refractivity (Wildman–Crippen MR) is 74.4 cm³/mol. The highest BCUT2D eigenvalue weighted by molar-refractivity contribution is 5.67. The van der Waals surface area contributed by atoms with Crippen LogP contribution in [0.1, 0.15) is 26.5 Å². The number of imidazole rings is 1. The minimum atomic E-state index is -0.506. The van der Waals surface area contributed by atoms with Crippen LogP contribution in [0.25, 0.3) is 5.69 Å². The zero-order valence-corrected chi connectivity index (χ0v) is 11.8. The zero-order chi connectivity index (χ0) is 14.6. The summed E-state index contributed by atoms with van der Waals surface area (Å²) in [5.74, 6) is 0. The molecular weight excluding hydrogens is 256 g/mol. The minimum absolute atomic E-state index is 0.337. The average Bonchev–Trinajstić information content (AvgIpc) is 2.83. The molecule has 1 N–H and O–H groups in total. The summed E-state index contributed by atoms with van der Waals surface area (Å²) in [5, 5.41) is 2.71. The highest BCUT2D eigenvalue weighted by Crippen LogP contribution is 2.10. The van der Waals surface area contributed by atoms with Gasteiger partial charge in [-0.3, -0.25) is 9.55 Å². The number of alkyl carbamates (subject to hydrolysis) is 1. The van der Waals surface area contributed by atoms with Crippen LogP contribution < -0.4 is 5.32 Å². The van der Waals surface area contributed by atoms with Crippen molar-refractivity contribution in [1.82, 2.24) is 19.9 Å². The van der Waals surface area contributed by atoms with E-state index in [2.05, 4.69) is 15.3 Å². The molecule has 0 radical (unpaired) electrons. The van der Waals surface area contributed by atoms with Crippen LogP contribution in [-0.2, 0) is 11.3 Å². The number of amides is 1. The van der Waals surface area contributed by atoms with Crippen molar-refractivity contribution in [2.75, 3.05) is 0 Å². The Morgan fingerprint density at radius 3 is 2.80 bits per heavy atom. The Labute approximate surface area is 117 Å². The molecule has 0 aliphatic carbocycles. The number of nitrogens with one attached hydrogen (secondary N) is 1. The van der Waals surface area contributed by atoms with Gasteiger partial charge in [-0.05, 0) is 32.9 Å². The molecule has 0 saturated heterocycles. The van der Waals surface area contributed by atoms with Crippen molar-refractivity contribution in [2.24, 2.45) is 0 Å². The maximum Gasteiger partial charge on any atom is 0.407 e. The number of ether oxygens (including phenoxy) is 1. The number of pyridine rings is 1. The third-order valence-corrected chi connectivity index (χ3v) is 2.45. The standard InChI is InChI=1S/C14H18N4O2/c1-14(2,3)20-13(19)17-9-12-8-16-10-18(12)11-5-4-6-15-7-11/h4-8,10H,9H2,1-3H3,(H,17,19). The number of carbonyl (C=O) groups excluding carboxylic acids is 1. The van der Waals surface area contributed by atoms with Crippen molar-refractivity contribution in [3.63, 3.8) is 0 Å². The van der Waals surface area contributed by atoms with Gasteiger partial charge in [0.1, 0.15) is 5.60 Å². The molecule has 1 amide bonds. The molecule has 0 atom stereocenters. The van der Waals surface area contributed by atoms with E-state index in [0.717, 1.165) is 11.4 Å². The van der Waals surface area contributed by atoms with Gasteiger partial charge in [0.05, 0.1) is 36.6 Å². The van der Waals surface area contributed by atoms with Crippen LogP contribution in [0.5, 0.6) is 0 Å². The van der Waals surface area contributed by atoms with Gasteiger partial charge in [0.25, 0.3) is 0 Å². The second kappa shape index (κ2) is 5.73. The lowest BCUT2D eigenvalue weighted by Gasteiger charge is -2.19. The molecule has 2 aromatic rings. The maximum atomic E-state index is 11.6. The Balaban J connectivity index is 2.02. The number of rotatable bonds is 3. The molecule has 0 fully saturated rings. The molecule has 0 saturated carbocycles. The van der Waals surface area contributed by atoms with Crippen LogP contribution in [0.4, 0.5) is 4.79 Å². The first-order chi connectivity index (χ1) is 9.46. The smallest absolute Gasteiger partial charge is 0.407 e. The van der Waals surface area contributed by atoms with E-state index in [1.54, 1.807) is 24.9 Å². The third kappa shape index (κ3) is 3.81. The SMILES string of the molecule is CC(C)(C)OC(=O)NCc1cncn1-c1cccnc1. The Morgan fingerprint density at radius 1 is 1.35 bits per heavy atom. The summed E-state index contributed by atoms with van der Waals surface area (Å²) in [4.78, 5) is 19.8. The lowest BCUT2D eigenvalue weighted by Crippen LogP contribution is -2.32. The van der Waals surface area contributed by atoms with E-state index in [-0.39, 0.29) is 0 Å². The van der Waals surface area contributed by atoms with Crippen molar-refractivity contribution in [2.45, 2.75) is 32.9 Å². The van der Waals surface area contributed by atoms with Crippen LogP contribution in [-0.4, -0.2) is 26.2 Å². The summed E-state index contributed by atoms with van der Waals surface area (Å²) in [5.41, 5.74) is 1.24. The molecule has 6 nitrogen and oxygen atoms in total. The summed E-state index contributed by atoms with van der Waals surface area (Å²) in [6.07, 6.45) is 6.38. The maximum absolute atomic E-state index is 11.6. The normalized spacial score (nSPS) is 11.2. The van der Waals surface area contributed by atoms with E-state index in [9.17, 15) is 4.79 Å². The molecule has 2 heterocycles. The van der Waals surface area contributed by atoms with Gasteiger partial charge in [0.15, 0.2) is 0 Å². The topological polar surface area (TPSA) is 69.0 Å². The van der Waals surface area contributed by atoms with Gasteiger partial charge in [-0.2, -0.15) is 0 Å². The number of hydrogen-bond acceptors (Lipinski definition) is 4. The number of hydrogen-bond donors (Lipinski definition) is 1. The molecule has 2 rings (SSSR count). The molecule has 0 aliphatic heterocycles. The highest BCUT2D eigenvalue weighted by atomic mass is 16.6. The second-order valence-electron chi connectivity index (χ2n) is 5.32. The molecule has 0 spiro atoms. The largest absolute Gasteiger partial charge is 0.444 e. The van der Waals surface area contributed by atoms with Gasteiger partial charge in [-0.25, -0.2) is 9.78 Å². The van der Waals surface area contributed by atoms with E-state index in [4.69, 9.17) is 4.74 Å². The van der Waals surface area contributed by atoms with Gasteiger partial charge in [0.2, 0.25) is 0 Å². The van der Waals surface area contributed by atoms with Gasteiger partial charge >= 0.3 is 6.09 Å². The van der Waals surface area contributed by atoms with Crippen LogP contribution in [0.2, 0.25) is 0 Å². The number of aromatic nitrogens is 3. The first-order valence-electron chi connectivity index (χ1n) is 6.34. The zero-order valence-electron chi connectivity index (χ0n) is 11.8. The van der Waals surface area contributed by atoms with Crippen molar-refractivity contribution in [3.05, 3.63) is 42.7 Å². The Morgan fingerprint density at radius 2 is 2.15 bits per heavy atom. The average molecular weight is 274 g/mol. The lowest BCUT2D eigenvalue weighted by molar-refractivity contribution is 0.0522. The molecule has 6 heteroatoms. The fourth-order valence-electron chi connectivity index (χ4n) is 1.66. The predicted octanol–water partition coefficient (Wildman–Crippen LogP) is 2.29. The fourth-order valence-corrected chi connectivity index (χ4v) is 1.66. The molecule has 0 aromatic carbocycles. The van der Waals surface area contributed by atoms with Crippen LogP contribution in [0.3, 0.4) is 0 Å². The Bertz CT molecular complexity index is 572. The third-order valence-electron chi connectivity index (χ3n) is 2.45. The molecule has 0 unspecified atom stereocenters. The van der Waals surface area contributed by atoms with Gasteiger partial charge in [-0.15, -0.1) is 0 Å². The van der Waals surface area contributed by atoms with E-state index in [1.807, 2.05) is 37.5 Å². The van der Waals surface area contributed by atoms with Crippen molar-refractivity contribution in [1.29, 1.82) is 0 Å². The van der Waals surface area contributed by atoms with Crippen LogP contribution in [0, 0.1) is 0 Å². The molecule has 106 valence electrons. The molecule has 20 heavy (non-hydrogen) atoms. The van der Waals surface area contributed by atoms with E-state index >= 15 is 0 Å². The monoisotopic (exact) mass is 274 g/mol. The summed E-state index contributed by atoms with van der Waals surface area (Å²) in [6.45, 7) is 5.81.